The van der Waals surface area contributed by atoms with Gasteiger partial charge < -0.3 is 5.32 Å². The van der Waals surface area contributed by atoms with Crippen LogP contribution in [0, 0.1) is 0 Å². The third-order valence-corrected chi connectivity index (χ3v) is 2.95. The molecule has 2 nitrogen and oxygen atoms in total. The normalized spacial score (nSPS) is 10.6. The summed E-state index contributed by atoms with van der Waals surface area (Å²) in [6, 6.07) is 8.25. The van der Waals surface area contributed by atoms with Crippen LogP contribution in [0.25, 0.3) is 0 Å². The maximum atomic E-state index is 11.0. The zero-order chi connectivity index (χ0) is 12.7. The van der Waals surface area contributed by atoms with E-state index >= 15 is 0 Å². The molecule has 2 heteroatoms. The molecular weight excluding hydrogens is 210 g/mol. The molecule has 0 atom stereocenters. The Labute approximate surface area is 104 Å². The van der Waals surface area contributed by atoms with Crippen molar-refractivity contribution in [3.8, 4) is 0 Å². The molecule has 1 aromatic carbocycles. The Morgan fingerprint density at radius 3 is 2.41 bits per heavy atom. The van der Waals surface area contributed by atoms with Gasteiger partial charge >= 0.3 is 0 Å². The van der Waals surface area contributed by atoms with Gasteiger partial charge in [-0.2, -0.15) is 0 Å². The molecule has 1 aromatic rings. The van der Waals surface area contributed by atoms with E-state index in [2.05, 4.69) is 31.3 Å². The van der Waals surface area contributed by atoms with Crippen molar-refractivity contribution in [1.29, 1.82) is 0 Å². The van der Waals surface area contributed by atoms with Gasteiger partial charge in [0.25, 0.3) is 0 Å². The van der Waals surface area contributed by atoms with Crippen molar-refractivity contribution in [3.05, 3.63) is 29.8 Å². The molecule has 1 amide bonds. The van der Waals surface area contributed by atoms with Crippen molar-refractivity contribution in [2.45, 2.75) is 52.4 Å². The van der Waals surface area contributed by atoms with Crippen molar-refractivity contribution < 1.29 is 4.79 Å². The lowest BCUT2D eigenvalue weighted by molar-refractivity contribution is -0.114. The van der Waals surface area contributed by atoms with Gasteiger partial charge in [-0.15, -0.1) is 0 Å². The van der Waals surface area contributed by atoms with Gasteiger partial charge in [-0.3, -0.25) is 4.79 Å². The van der Waals surface area contributed by atoms with Gasteiger partial charge in [0.1, 0.15) is 0 Å². The van der Waals surface area contributed by atoms with Crippen molar-refractivity contribution in [2.24, 2.45) is 0 Å². The molecule has 1 rings (SSSR count). The third-order valence-electron chi connectivity index (χ3n) is 2.95. The Bertz CT molecular complexity index is 354. The van der Waals surface area contributed by atoms with Crippen LogP contribution in [-0.4, -0.2) is 5.91 Å². The summed E-state index contributed by atoms with van der Waals surface area (Å²) < 4.78 is 0. The highest BCUT2D eigenvalue weighted by Gasteiger charge is 2.10. The van der Waals surface area contributed by atoms with E-state index in [9.17, 15) is 4.79 Å². The average molecular weight is 233 g/mol. The Balaban J connectivity index is 2.83. The second kappa shape index (κ2) is 7.10. The number of carbonyl (C=O) groups excluding carboxylic acids is 1. The van der Waals surface area contributed by atoms with Crippen LogP contribution < -0.4 is 5.32 Å². The van der Waals surface area contributed by atoms with Crippen LogP contribution >= 0.6 is 0 Å². The molecule has 94 valence electrons. The molecule has 0 fully saturated rings. The number of benzene rings is 1. The average Bonchev–Trinajstić information content (AvgIpc) is 2.28. The highest BCUT2D eigenvalue weighted by molar-refractivity contribution is 5.88. The summed E-state index contributed by atoms with van der Waals surface area (Å²) in [6.45, 7) is 5.99. The number of amides is 1. The summed E-state index contributed by atoms with van der Waals surface area (Å²) in [5.41, 5.74) is 2.26. The number of hydrogen-bond acceptors (Lipinski definition) is 1. The SMILES string of the molecule is CCCC(CCC)c1cccc(NC(C)=O)c1. The highest BCUT2D eigenvalue weighted by atomic mass is 16.1. The zero-order valence-electron chi connectivity index (χ0n) is 11.1. The van der Waals surface area contributed by atoms with Gasteiger partial charge in [0.05, 0.1) is 0 Å². The fraction of sp³-hybridized carbons (Fsp3) is 0.533. The number of rotatable bonds is 6. The Morgan fingerprint density at radius 2 is 1.88 bits per heavy atom. The van der Waals surface area contributed by atoms with Crippen LogP contribution in [0.1, 0.15) is 57.9 Å². The maximum absolute atomic E-state index is 11.0. The summed E-state index contributed by atoms with van der Waals surface area (Å²) in [5.74, 6) is 0.614. The maximum Gasteiger partial charge on any atom is 0.221 e. The molecule has 0 unspecified atom stereocenters. The Kier molecular flexibility index (Phi) is 5.75. The molecule has 0 aliphatic heterocycles. The molecule has 0 saturated heterocycles. The molecule has 17 heavy (non-hydrogen) atoms. The van der Waals surface area contributed by atoms with E-state index in [1.165, 1.54) is 31.2 Å². The standard InChI is InChI=1S/C15H23NO/c1-4-7-13(8-5-2)14-9-6-10-15(11-14)16-12(3)17/h6,9-11,13H,4-5,7-8H2,1-3H3,(H,16,17). The van der Waals surface area contributed by atoms with E-state index in [0.717, 1.165) is 5.69 Å². The first kappa shape index (κ1) is 13.8. The minimum atomic E-state index is -0.00955. The molecule has 0 spiro atoms. The molecule has 0 radical (unpaired) electrons. The van der Waals surface area contributed by atoms with Crippen molar-refractivity contribution in [3.63, 3.8) is 0 Å². The van der Waals surface area contributed by atoms with Gasteiger partial charge in [-0.1, -0.05) is 38.8 Å². The summed E-state index contributed by atoms with van der Waals surface area (Å²) in [7, 11) is 0. The molecule has 0 bridgehead atoms. The van der Waals surface area contributed by atoms with Gasteiger partial charge in [0.15, 0.2) is 0 Å². The number of hydrogen-bond donors (Lipinski definition) is 1. The highest BCUT2D eigenvalue weighted by Crippen LogP contribution is 2.28. The lowest BCUT2D eigenvalue weighted by Crippen LogP contribution is -2.06. The van der Waals surface area contributed by atoms with Gasteiger partial charge in [0.2, 0.25) is 5.91 Å². The molecule has 0 aliphatic rings. The lowest BCUT2D eigenvalue weighted by atomic mass is 9.90. The molecule has 0 aromatic heterocycles. The van der Waals surface area contributed by atoms with Crippen LogP contribution in [0.2, 0.25) is 0 Å². The van der Waals surface area contributed by atoms with E-state index in [1.807, 2.05) is 12.1 Å². The Morgan fingerprint density at radius 1 is 1.24 bits per heavy atom. The van der Waals surface area contributed by atoms with E-state index in [4.69, 9.17) is 0 Å². The lowest BCUT2D eigenvalue weighted by Gasteiger charge is -2.16. The van der Waals surface area contributed by atoms with Crippen LogP contribution in [-0.2, 0) is 4.79 Å². The topological polar surface area (TPSA) is 29.1 Å². The monoisotopic (exact) mass is 233 g/mol. The predicted octanol–water partition coefficient (Wildman–Crippen LogP) is 4.33. The summed E-state index contributed by atoms with van der Waals surface area (Å²) >= 11 is 0. The zero-order valence-corrected chi connectivity index (χ0v) is 11.1. The van der Waals surface area contributed by atoms with E-state index in [1.54, 1.807) is 6.92 Å². The number of anilines is 1. The van der Waals surface area contributed by atoms with Crippen LogP contribution in [0.5, 0.6) is 0 Å². The van der Waals surface area contributed by atoms with Gasteiger partial charge in [-0.25, -0.2) is 0 Å². The summed E-state index contributed by atoms with van der Waals surface area (Å²) in [5, 5.41) is 2.85. The van der Waals surface area contributed by atoms with Crippen LogP contribution in [0.3, 0.4) is 0 Å². The third kappa shape index (κ3) is 4.59. The van der Waals surface area contributed by atoms with E-state index in [0.29, 0.717) is 5.92 Å². The number of carbonyl (C=O) groups is 1. The quantitative estimate of drug-likeness (QED) is 0.778. The fourth-order valence-corrected chi connectivity index (χ4v) is 2.25. The molecule has 1 N–H and O–H groups in total. The second-order valence-electron chi connectivity index (χ2n) is 4.58. The van der Waals surface area contributed by atoms with E-state index < -0.39 is 0 Å². The first-order valence-corrected chi connectivity index (χ1v) is 6.54. The Hall–Kier alpha value is -1.31. The predicted molar refractivity (Wildman–Crippen MR) is 73.3 cm³/mol. The van der Waals surface area contributed by atoms with Crippen molar-refractivity contribution in [1.82, 2.24) is 0 Å². The van der Waals surface area contributed by atoms with E-state index in [-0.39, 0.29) is 5.91 Å². The minimum Gasteiger partial charge on any atom is -0.326 e. The molecular formula is C15H23NO. The first-order chi connectivity index (χ1) is 8.17. The largest absolute Gasteiger partial charge is 0.326 e. The second-order valence-corrected chi connectivity index (χ2v) is 4.58. The number of nitrogens with one attached hydrogen (secondary N) is 1. The first-order valence-electron chi connectivity index (χ1n) is 6.54. The fourth-order valence-electron chi connectivity index (χ4n) is 2.25. The summed E-state index contributed by atoms with van der Waals surface area (Å²) in [4.78, 5) is 11.0. The smallest absolute Gasteiger partial charge is 0.221 e. The molecule has 0 heterocycles. The van der Waals surface area contributed by atoms with Crippen LogP contribution in [0.15, 0.2) is 24.3 Å². The van der Waals surface area contributed by atoms with Crippen LogP contribution in [0.4, 0.5) is 5.69 Å². The minimum absolute atomic E-state index is 0.00955. The van der Waals surface area contributed by atoms with Crippen molar-refractivity contribution >= 4 is 11.6 Å². The summed E-state index contributed by atoms with van der Waals surface area (Å²) in [6.07, 6.45) is 4.85. The van der Waals surface area contributed by atoms with Gasteiger partial charge in [-0.05, 0) is 36.5 Å². The molecule has 0 aliphatic carbocycles. The molecule has 0 saturated carbocycles. The van der Waals surface area contributed by atoms with Gasteiger partial charge in [0, 0.05) is 12.6 Å². The van der Waals surface area contributed by atoms with Crippen molar-refractivity contribution in [2.75, 3.05) is 5.32 Å².